The zero-order valence-corrected chi connectivity index (χ0v) is 10.3. The number of morpholine rings is 1. The number of hydrogen-bond donors (Lipinski definition) is 2. The highest BCUT2D eigenvalue weighted by atomic mass is 16.5. The minimum atomic E-state index is -0.281. The predicted octanol–water partition coefficient (Wildman–Crippen LogP) is -0.565. The number of amides is 1. The Hall–Kier alpha value is -1.66. The van der Waals surface area contributed by atoms with Crippen molar-refractivity contribution in [2.45, 2.75) is 6.10 Å². The van der Waals surface area contributed by atoms with Crippen LogP contribution in [0.3, 0.4) is 0 Å². The molecule has 18 heavy (non-hydrogen) atoms. The van der Waals surface area contributed by atoms with Crippen LogP contribution in [0, 0.1) is 0 Å². The molecule has 2 rings (SSSR count). The Morgan fingerprint density at radius 2 is 2.50 bits per heavy atom. The molecule has 1 amide bonds. The number of pyridine rings is 1. The van der Waals surface area contributed by atoms with Crippen molar-refractivity contribution in [2.75, 3.05) is 33.3 Å². The number of aromatic amines is 1. The highest BCUT2D eigenvalue weighted by molar-refractivity contribution is 5.93. The Morgan fingerprint density at radius 1 is 1.67 bits per heavy atom. The van der Waals surface area contributed by atoms with Crippen LogP contribution in [-0.4, -0.2) is 55.2 Å². The Kier molecular flexibility index (Phi) is 4.11. The molecule has 6 heteroatoms. The lowest BCUT2D eigenvalue weighted by Crippen LogP contribution is -2.46. The third kappa shape index (κ3) is 3.41. The Labute approximate surface area is 105 Å². The number of ether oxygens (including phenoxy) is 1. The molecule has 1 unspecified atom stereocenters. The van der Waals surface area contributed by atoms with E-state index in [1.165, 1.54) is 12.3 Å². The molecular weight excluding hydrogens is 234 g/mol. The summed E-state index contributed by atoms with van der Waals surface area (Å²) in [7, 11) is 2.02. The monoisotopic (exact) mass is 251 g/mol. The first-order valence-corrected chi connectivity index (χ1v) is 5.92. The second-order valence-corrected chi connectivity index (χ2v) is 4.41. The van der Waals surface area contributed by atoms with Crippen molar-refractivity contribution in [3.63, 3.8) is 0 Å². The van der Waals surface area contributed by atoms with E-state index in [0.717, 1.165) is 13.1 Å². The van der Waals surface area contributed by atoms with Crippen LogP contribution in [-0.2, 0) is 4.74 Å². The van der Waals surface area contributed by atoms with Gasteiger partial charge in [0, 0.05) is 37.5 Å². The van der Waals surface area contributed by atoms with Gasteiger partial charge >= 0.3 is 0 Å². The van der Waals surface area contributed by atoms with Crippen LogP contribution in [0.25, 0.3) is 0 Å². The molecule has 1 saturated heterocycles. The molecule has 0 saturated carbocycles. The SMILES string of the molecule is CN1CCOC(CNC(=O)c2cc[nH]c(=O)c2)C1. The van der Waals surface area contributed by atoms with Gasteiger partial charge in [-0.1, -0.05) is 0 Å². The van der Waals surface area contributed by atoms with Gasteiger partial charge < -0.3 is 19.9 Å². The lowest BCUT2D eigenvalue weighted by atomic mass is 10.2. The third-order valence-electron chi connectivity index (χ3n) is 2.87. The van der Waals surface area contributed by atoms with Gasteiger partial charge in [-0.15, -0.1) is 0 Å². The van der Waals surface area contributed by atoms with Crippen molar-refractivity contribution >= 4 is 5.91 Å². The molecule has 0 spiro atoms. The fourth-order valence-corrected chi connectivity index (χ4v) is 1.88. The second-order valence-electron chi connectivity index (χ2n) is 4.41. The van der Waals surface area contributed by atoms with Crippen LogP contribution in [0.4, 0.5) is 0 Å². The van der Waals surface area contributed by atoms with Gasteiger partial charge in [-0.05, 0) is 13.1 Å². The number of H-pyrrole nitrogens is 1. The van der Waals surface area contributed by atoms with Gasteiger partial charge in [-0.3, -0.25) is 9.59 Å². The quantitative estimate of drug-likeness (QED) is 0.755. The van der Waals surface area contributed by atoms with Gasteiger partial charge in [0.1, 0.15) is 0 Å². The summed E-state index contributed by atoms with van der Waals surface area (Å²) in [6.45, 7) is 2.85. The first kappa shape index (κ1) is 12.8. The van der Waals surface area contributed by atoms with Gasteiger partial charge in [0.2, 0.25) is 5.56 Å². The van der Waals surface area contributed by atoms with Crippen LogP contribution in [0.5, 0.6) is 0 Å². The van der Waals surface area contributed by atoms with Gasteiger partial charge in [-0.2, -0.15) is 0 Å². The Morgan fingerprint density at radius 3 is 3.22 bits per heavy atom. The highest BCUT2D eigenvalue weighted by Gasteiger charge is 2.18. The smallest absolute Gasteiger partial charge is 0.251 e. The summed E-state index contributed by atoms with van der Waals surface area (Å²) in [5.41, 5.74) is 0.0826. The van der Waals surface area contributed by atoms with Gasteiger partial charge in [0.25, 0.3) is 5.91 Å². The average Bonchev–Trinajstić information content (AvgIpc) is 2.36. The topological polar surface area (TPSA) is 74.4 Å². The number of hydrogen-bond acceptors (Lipinski definition) is 4. The Balaban J connectivity index is 1.86. The van der Waals surface area contributed by atoms with E-state index in [2.05, 4.69) is 15.2 Å². The number of aromatic nitrogens is 1. The largest absolute Gasteiger partial charge is 0.374 e. The maximum Gasteiger partial charge on any atom is 0.251 e. The molecule has 1 aliphatic rings. The predicted molar refractivity (Wildman–Crippen MR) is 66.6 cm³/mol. The van der Waals surface area contributed by atoms with Crippen molar-refractivity contribution in [3.8, 4) is 0 Å². The maximum atomic E-state index is 11.8. The number of likely N-dealkylation sites (N-methyl/N-ethyl adjacent to an activating group) is 1. The van der Waals surface area contributed by atoms with Crippen molar-refractivity contribution in [1.82, 2.24) is 15.2 Å². The first-order chi connectivity index (χ1) is 8.65. The first-order valence-electron chi connectivity index (χ1n) is 5.92. The minimum Gasteiger partial charge on any atom is -0.374 e. The van der Waals surface area contributed by atoms with Crippen molar-refractivity contribution < 1.29 is 9.53 Å². The third-order valence-corrected chi connectivity index (χ3v) is 2.87. The summed E-state index contributed by atoms with van der Waals surface area (Å²) in [5.74, 6) is -0.252. The van der Waals surface area contributed by atoms with E-state index in [0.29, 0.717) is 18.7 Å². The summed E-state index contributed by atoms with van der Waals surface area (Å²) in [6.07, 6.45) is 1.47. The number of carbonyl (C=O) groups excluding carboxylic acids is 1. The number of rotatable bonds is 3. The molecule has 6 nitrogen and oxygen atoms in total. The van der Waals surface area contributed by atoms with Crippen LogP contribution >= 0.6 is 0 Å². The number of nitrogens with zero attached hydrogens (tertiary/aromatic N) is 1. The van der Waals surface area contributed by atoms with Crippen LogP contribution in [0.1, 0.15) is 10.4 Å². The second kappa shape index (κ2) is 5.79. The van der Waals surface area contributed by atoms with E-state index in [1.807, 2.05) is 7.05 Å². The van der Waals surface area contributed by atoms with E-state index >= 15 is 0 Å². The molecule has 0 aliphatic carbocycles. The summed E-state index contributed by atoms with van der Waals surface area (Å²) >= 11 is 0. The molecule has 2 N–H and O–H groups in total. The molecule has 1 fully saturated rings. The van der Waals surface area contributed by atoms with E-state index in [1.54, 1.807) is 6.07 Å². The molecular formula is C12H17N3O3. The lowest BCUT2D eigenvalue weighted by molar-refractivity contribution is -0.0175. The molecule has 1 atom stereocenters. The standard InChI is InChI=1S/C12H17N3O3/c1-15-4-5-18-10(8-15)7-14-12(17)9-2-3-13-11(16)6-9/h2-3,6,10H,4-5,7-8H2,1H3,(H,13,16)(H,14,17). The maximum absolute atomic E-state index is 11.8. The summed E-state index contributed by atoms with van der Waals surface area (Å²) in [5, 5.41) is 2.77. The summed E-state index contributed by atoms with van der Waals surface area (Å²) < 4.78 is 5.53. The fraction of sp³-hybridized carbons (Fsp3) is 0.500. The summed E-state index contributed by atoms with van der Waals surface area (Å²) in [6, 6.07) is 2.85. The minimum absolute atomic E-state index is 0.00898. The average molecular weight is 251 g/mol. The van der Waals surface area contributed by atoms with E-state index in [4.69, 9.17) is 4.74 Å². The molecule has 0 radical (unpaired) electrons. The number of carbonyl (C=O) groups is 1. The fourth-order valence-electron chi connectivity index (χ4n) is 1.88. The van der Waals surface area contributed by atoms with Crippen molar-refractivity contribution in [2.24, 2.45) is 0 Å². The van der Waals surface area contributed by atoms with E-state index in [-0.39, 0.29) is 17.6 Å². The van der Waals surface area contributed by atoms with Crippen LogP contribution in [0.2, 0.25) is 0 Å². The molecule has 1 aromatic rings. The van der Waals surface area contributed by atoms with Gasteiger partial charge in [0.05, 0.1) is 12.7 Å². The van der Waals surface area contributed by atoms with Gasteiger partial charge in [0.15, 0.2) is 0 Å². The van der Waals surface area contributed by atoms with Crippen molar-refractivity contribution in [1.29, 1.82) is 0 Å². The molecule has 1 aromatic heterocycles. The van der Waals surface area contributed by atoms with Crippen LogP contribution in [0.15, 0.2) is 23.1 Å². The van der Waals surface area contributed by atoms with Gasteiger partial charge in [-0.25, -0.2) is 0 Å². The normalized spacial score (nSPS) is 20.6. The summed E-state index contributed by atoms with van der Waals surface area (Å²) in [4.78, 5) is 27.5. The van der Waals surface area contributed by atoms with E-state index in [9.17, 15) is 9.59 Å². The molecule has 0 aromatic carbocycles. The molecule has 2 heterocycles. The molecule has 98 valence electrons. The zero-order valence-electron chi connectivity index (χ0n) is 10.3. The molecule has 1 aliphatic heterocycles. The molecule has 0 bridgehead atoms. The van der Waals surface area contributed by atoms with E-state index < -0.39 is 0 Å². The van der Waals surface area contributed by atoms with Crippen molar-refractivity contribution in [3.05, 3.63) is 34.2 Å². The lowest BCUT2D eigenvalue weighted by Gasteiger charge is -2.30. The zero-order chi connectivity index (χ0) is 13.0. The Bertz CT molecular complexity index is 472. The van der Waals surface area contributed by atoms with Crippen LogP contribution < -0.4 is 10.9 Å². The highest BCUT2D eigenvalue weighted by Crippen LogP contribution is 2.02. The number of nitrogens with one attached hydrogen (secondary N) is 2.